The number of amides is 2. The van der Waals surface area contributed by atoms with Gasteiger partial charge in [-0.2, -0.15) is 13.2 Å². The quantitative estimate of drug-likeness (QED) is 0.180. The van der Waals surface area contributed by atoms with Crippen molar-refractivity contribution in [2.24, 2.45) is 16.5 Å². The molecule has 196 valence electrons. The van der Waals surface area contributed by atoms with Gasteiger partial charge in [0.05, 0.1) is 24.2 Å². The number of nitrogens with two attached hydrogens (primary N) is 2. The van der Waals surface area contributed by atoms with E-state index in [2.05, 4.69) is 15.6 Å². The topological polar surface area (TPSA) is 195 Å². The minimum atomic E-state index is -4.82. The normalized spacial score (nSPS) is 12.8. The number of nitrogens with one attached hydrogen (secondary N) is 2. The average Bonchev–Trinajstić information content (AvgIpc) is 3.28. The van der Waals surface area contributed by atoms with Crippen LogP contribution in [0.25, 0.3) is 0 Å². The predicted molar refractivity (Wildman–Crippen MR) is 120 cm³/mol. The van der Waals surface area contributed by atoms with Gasteiger partial charge in [0.25, 0.3) is 5.91 Å². The first-order valence-electron chi connectivity index (χ1n) is 10.4. The van der Waals surface area contributed by atoms with Crippen LogP contribution in [0.4, 0.5) is 18.9 Å². The molecule has 1 atom stereocenters. The molecule has 0 aromatic heterocycles. The van der Waals surface area contributed by atoms with Gasteiger partial charge in [0.1, 0.15) is 6.04 Å². The maximum absolute atomic E-state index is 13.2. The van der Waals surface area contributed by atoms with Crippen molar-refractivity contribution < 1.29 is 46.9 Å². The minimum Gasteiger partial charge on any atom is -0.481 e. The Kier molecular flexibility index (Phi) is 7.85. The molecular weight excluding hydrogens is 503 g/mol. The van der Waals surface area contributed by atoms with Crippen LogP contribution in [-0.4, -0.2) is 54.0 Å². The maximum Gasteiger partial charge on any atom is 0.416 e. The van der Waals surface area contributed by atoms with Crippen LogP contribution in [-0.2, 0) is 15.8 Å². The van der Waals surface area contributed by atoms with Crippen LogP contribution in [0, 0.1) is 0 Å². The number of ether oxygens (including phenoxy) is 2. The molecule has 1 aliphatic heterocycles. The van der Waals surface area contributed by atoms with Crippen LogP contribution in [0.1, 0.15) is 32.7 Å². The number of ketones is 1. The number of Topliss-reactive ketones (excluding diaryl/α,β-unsaturated/α-hetero) is 1. The Morgan fingerprint density at radius 1 is 1.03 bits per heavy atom. The van der Waals surface area contributed by atoms with Gasteiger partial charge >= 0.3 is 12.1 Å². The molecule has 0 saturated carbocycles. The number of hydrogen-bond acceptors (Lipinski definition) is 7. The molecule has 1 aliphatic rings. The van der Waals surface area contributed by atoms with E-state index in [1.54, 1.807) is 0 Å². The second-order valence-corrected chi connectivity index (χ2v) is 7.64. The van der Waals surface area contributed by atoms with E-state index in [1.807, 2.05) is 0 Å². The number of benzene rings is 2. The maximum atomic E-state index is 13.2. The summed E-state index contributed by atoms with van der Waals surface area (Å²) in [6.45, 7) is -0.835. The van der Waals surface area contributed by atoms with Crippen LogP contribution in [0.15, 0.2) is 41.4 Å². The Balaban J connectivity index is 1.71. The van der Waals surface area contributed by atoms with E-state index in [-0.39, 0.29) is 23.8 Å². The molecule has 3 rings (SSSR count). The number of halogens is 3. The lowest BCUT2D eigenvalue weighted by molar-refractivity contribution is -0.138. The molecule has 2 aromatic carbocycles. The summed E-state index contributed by atoms with van der Waals surface area (Å²) in [7, 11) is 0. The number of guanidine groups is 1. The molecule has 7 N–H and O–H groups in total. The molecule has 0 spiro atoms. The minimum absolute atomic E-state index is 0.0380. The van der Waals surface area contributed by atoms with Gasteiger partial charge in [0, 0.05) is 11.1 Å². The molecule has 12 nitrogen and oxygen atoms in total. The molecule has 2 aromatic rings. The number of hydrogen-bond donors (Lipinski definition) is 5. The average molecular weight is 523 g/mol. The highest BCUT2D eigenvalue weighted by atomic mass is 19.4. The molecule has 2 amide bonds. The molecule has 0 aliphatic carbocycles. The fourth-order valence-corrected chi connectivity index (χ4v) is 3.26. The molecule has 15 heteroatoms. The van der Waals surface area contributed by atoms with Crippen molar-refractivity contribution in [3.8, 4) is 11.5 Å². The lowest BCUT2D eigenvalue weighted by Gasteiger charge is -2.17. The van der Waals surface area contributed by atoms with Crippen molar-refractivity contribution in [2.45, 2.75) is 18.6 Å². The largest absolute Gasteiger partial charge is 0.481 e. The van der Waals surface area contributed by atoms with E-state index in [0.717, 1.165) is 6.07 Å². The summed E-state index contributed by atoms with van der Waals surface area (Å²) in [5, 5.41) is 13.5. The van der Waals surface area contributed by atoms with E-state index in [1.165, 1.54) is 18.2 Å². The number of carbonyl (C=O) groups is 4. The van der Waals surface area contributed by atoms with Crippen molar-refractivity contribution in [1.82, 2.24) is 10.6 Å². The third-order valence-corrected chi connectivity index (χ3v) is 4.86. The van der Waals surface area contributed by atoms with Crippen molar-refractivity contribution in [3.05, 3.63) is 53.1 Å². The second-order valence-electron chi connectivity index (χ2n) is 7.64. The Morgan fingerprint density at radius 3 is 2.38 bits per heavy atom. The van der Waals surface area contributed by atoms with Crippen molar-refractivity contribution in [1.29, 1.82) is 0 Å². The Bertz CT molecular complexity index is 1280. The molecule has 1 heterocycles. The summed E-state index contributed by atoms with van der Waals surface area (Å²) >= 11 is 0. The number of aliphatic imine (C=N–C) groups is 1. The number of aliphatic carboxylic acids is 1. The molecule has 0 saturated heterocycles. The zero-order chi connectivity index (χ0) is 27.3. The van der Waals surface area contributed by atoms with Crippen molar-refractivity contribution >= 4 is 35.2 Å². The fourth-order valence-electron chi connectivity index (χ4n) is 3.26. The summed E-state index contributed by atoms with van der Waals surface area (Å²) in [4.78, 5) is 52.4. The second kappa shape index (κ2) is 10.8. The van der Waals surface area contributed by atoms with E-state index >= 15 is 0 Å². The summed E-state index contributed by atoms with van der Waals surface area (Å²) in [6.07, 6.45) is -5.59. The number of carboxylic acids is 1. The van der Waals surface area contributed by atoms with E-state index in [4.69, 9.17) is 26.0 Å². The number of fused-ring (bicyclic) bond motifs is 1. The molecule has 0 bridgehead atoms. The Hall–Kier alpha value is -4.82. The highest BCUT2D eigenvalue weighted by molar-refractivity contribution is 6.04. The van der Waals surface area contributed by atoms with Crippen LogP contribution in [0.5, 0.6) is 11.5 Å². The lowest BCUT2D eigenvalue weighted by atomic mass is 10.0. The monoisotopic (exact) mass is 523 g/mol. The first-order valence-corrected chi connectivity index (χ1v) is 10.4. The zero-order valence-electron chi connectivity index (χ0n) is 18.8. The fraction of sp³-hybridized carbons (Fsp3) is 0.227. The van der Waals surface area contributed by atoms with E-state index in [0.29, 0.717) is 17.9 Å². The lowest BCUT2D eigenvalue weighted by Crippen LogP contribution is -2.46. The third kappa shape index (κ3) is 7.09. The number of alkyl halides is 3. The third-order valence-electron chi connectivity index (χ3n) is 4.86. The predicted octanol–water partition coefficient (Wildman–Crippen LogP) is 0.911. The van der Waals surface area contributed by atoms with E-state index < -0.39 is 65.8 Å². The van der Waals surface area contributed by atoms with Crippen LogP contribution in [0.3, 0.4) is 0 Å². The number of rotatable bonds is 9. The Morgan fingerprint density at radius 2 is 1.73 bits per heavy atom. The van der Waals surface area contributed by atoms with Crippen molar-refractivity contribution in [2.75, 3.05) is 13.3 Å². The molecule has 0 radical (unpaired) electrons. The molecule has 1 unspecified atom stereocenters. The molecule has 0 fully saturated rings. The molecular formula is C22H20F3N5O7. The zero-order valence-corrected chi connectivity index (χ0v) is 18.8. The van der Waals surface area contributed by atoms with Gasteiger partial charge in [-0.1, -0.05) is 0 Å². The van der Waals surface area contributed by atoms with Crippen LogP contribution in [0.2, 0.25) is 0 Å². The van der Waals surface area contributed by atoms with Crippen LogP contribution >= 0.6 is 0 Å². The SMILES string of the molecule is NC(N)=Nc1cc(C(=O)NCC(=O)NC(CC(=O)O)C(=O)c2ccc3c(c2)OCO3)cc(C(F)(F)F)c1. The Labute approximate surface area is 206 Å². The van der Waals surface area contributed by atoms with E-state index in [9.17, 15) is 32.3 Å². The van der Waals surface area contributed by atoms with Gasteiger partial charge < -0.3 is 36.7 Å². The van der Waals surface area contributed by atoms with Crippen LogP contribution < -0.4 is 31.6 Å². The summed E-state index contributed by atoms with van der Waals surface area (Å²) in [6, 6.07) is 4.76. The summed E-state index contributed by atoms with van der Waals surface area (Å²) in [5.41, 5.74) is 8.37. The number of carboxylic acid groups (broad SMARTS) is 1. The van der Waals surface area contributed by atoms with Gasteiger partial charge in [0.2, 0.25) is 12.7 Å². The first-order chi connectivity index (χ1) is 17.3. The van der Waals surface area contributed by atoms with Crippen molar-refractivity contribution in [3.63, 3.8) is 0 Å². The highest BCUT2D eigenvalue weighted by Gasteiger charge is 2.32. The highest BCUT2D eigenvalue weighted by Crippen LogP contribution is 2.34. The first kappa shape index (κ1) is 26.8. The van der Waals surface area contributed by atoms with Gasteiger partial charge in [-0.15, -0.1) is 0 Å². The molecule has 37 heavy (non-hydrogen) atoms. The van der Waals surface area contributed by atoms with Gasteiger partial charge in [-0.3, -0.25) is 19.2 Å². The van der Waals surface area contributed by atoms with Gasteiger partial charge in [0.15, 0.2) is 23.2 Å². The number of carbonyl (C=O) groups excluding carboxylic acids is 3. The van der Waals surface area contributed by atoms with Gasteiger partial charge in [-0.05, 0) is 36.4 Å². The summed E-state index contributed by atoms with van der Waals surface area (Å²) < 4.78 is 49.9. The summed E-state index contributed by atoms with van der Waals surface area (Å²) in [5.74, 6) is -4.08. The smallest absolute Gasteiger partial charge is 0.416 e. The standard InChI is InChI=1S/C22H20F3N5O7/c23-22(24,25)12-3-11(4-13(6-12)29-21(26)27)20(35)28-8-17(31)30-14(7-18(32)33)19(34)10-1-2-15-16(5-10)37-9-36-15/h1-6,14H,7-9H2,(H,28,35)(H,30,31)(H,32,33)(H4,26,27,29). The number of nitrogens with zero attached hydrogens (tertiary/aromatic N) is 1. The van der Waals surface area contributed by atoms with Gasteiger partial charge in [-0.25, -0.2) is 4.99 Å².